The fraction of sp³-hybridized carbons (Fsp3) is 0.667. The molecule has 1 aliphatic carbocycles. The van der Waals surface area contributed by atoms with Crippen molar-refractivity contribution >= 4 is 5.97 Å². The minimum absolute atomic E-state index is 0.368. The van der Waals surface area contributed by atoms with Crippen LogP contribution in [0.25, 0.3) is 0 Å². The number of aromatic nitrogens is 2. The van der Waals surface area contributed by atoms with Crippen molar-refractivity contribution < 1.29 is 9.90 Å². The largest absolute Gasteiger partial charge is 0.477 e. The van der Waals surface area contributed by atoms with Crippen molar-refractivity contribution in [2.75, 3.05) is 0 Å². The smallest absolute Gasteiger partial charge is 0.354 e. The van der Waals surface area contributed by atoms with Crippen LogP contribution < -0.4 is 0 Å². The molecular weight excluding hydrogens is 204 g/mol. The molecule has 88 valence electrons. The van der Waals surface area contributed by atoms with Gasteiger partial charge < -0.3 is 5.11 Å². The number of aromatic carboxylic acids is 1. The van der Waals surface area contributed by atoms with Crippen LogP contribution in [0.5, 0.6) is 0 Å². The molecule has 1 aliphatic rings. The van der Waals surface area contributed by atoms with Gasteiger partial charge in [-0.15, -0.1) is 0 Å². The molecule has 0 radical (unpaired) electrons. The number of carboxylic acids is 1. The normalized spacial score (nSPS) is 18.3. The van der Waals surface area contributed by atoms with Gasteiger partial charge in [-0.25, -0.2) is 4.79 Å². The molecule has 16 heavy (non-hydrogen) atoms. The molecule has 0 spiro atoms. The molecule has 0 aromatic carbocycles. The molecule has 1 aromatic heterocycles. The van der Waals surface area contributed by atoms with Gasteiger partial charge in [0.2, 0.25) is 0 Å². The second-order valence-corrected chi connectivity index (χ2v) is 4.57. The van der Waals surface area contributed by atoms with Gasteiger partial charge in [0.1, 0.15) is 5.69 Å². The van der Waals surface area contributed by atoms with E-state index in [-0.39, 0.29) is 0 Å². The number of nitrogens with zero attached hydrogens (tertiary/aromatic N) is 2. The van der Waals surface area contributed by atoms with Gasteiger partial charge in [0.05, 0.1) is 6.20 Å². The summed E-state index contributed by atoms with van der Waals surface area (Å²) in [5, 5.41) is 13.3. The van der Waals surface area contributed by atoms with Crippen LogP contribution in [0.1, 0.15) is 60.5 Å². The first kappa shape index (κ1) is 11.2. The quantitative estimate of drug-likeness (QED) is 0.782. The van der Waals surface area contributed by atoms with Crippen molar-refractivity contribution in [3.05, 3.63) is 17.5 Å². The zero-order valence-corrected chi connectivity index (χ0v) is 9.65. The lowest BCUT2D eigenvalue weighted by Crippen LogP contribution is -2.10. The Bertz CT molecular complexity index is 376. The van der Waals surface area contributed by atoms with Gasteiger partial charge in [0, 0.05) is 12.6 Å². The predicted molar refractivity (Wildman–Crippen MR) is 60.6 cm³/mol. The molecule has 1 fully saturated rings. The van der Waals surface area contributed by atoms with Crippen LogP contribution >= 0.6 is 0 Å². The number of hydrogen-bond donors (Lipinski definition) is 1. The van der Waals surface area contributed by atoms with E-state index in [0.717, 1.165) is 18.4 Å². The van der Waals surface area contributed by atoms with Crippen molar-refractivity contribution in [3.8, 4) is 0 Å². The van der Waals surface area contributed by atoms with Gasteiger partial charge in [-0.05, 0) is 18.8 Å². The monoisotopic (exact) mass is 222 g/mol. The standard InChI is InChI=1S/C12H18N2O2/c1-14-11(12(15)16)10(8-13-14)9-6-4-2-3-5-7-9/h8-9H,2-7H2,1H3,(H,15,16). The number of carbonyl (C=O) groups is 1. The Morgan fingerprint density at radius 2 is 2.00 bits per heavy atom. The van der Waals surface area contributed by atoms with E-state index in [1.165, 1.54) is 30.4 Å². The highest BCUT2D eigenvalue weighted by Crippen LogP contribution is 2.33. The van der Waals surface area contributed by atoms with Crippen LogP contribution in [0, 0.1) is 0 Å². The van der Waals surface area contributed by atoms with Crippen molar-refractivity contribution in [2.45, 2.75) is 44.4 Å². The molecule has 0 unspecified atom stereocenters. The van der Waals surface area contributed by atoms with E-state index in [0.29, 0.717) is 11.6 Å². The van der Waals surface area contributed by atoms with E-state index in [1.807, 2.05) is 0 Å². The van der Waals surface area contributed by atoms with Crippen LogP contribution in [0.3, 0.4) is 0 Å². The van der Waals surface area contributed by atoms with E-state index in [4.69, 9.17) is 0 Å². The first-order valence-electron chi connectivity index (χ1n) is 5.95. The summed E-state index contributed by atoms with van der Waals surface area (Å²) in [7, 11) is 1.70. The Balaban J connectivity index is 2.27. The molecule has 1 aromatic rings. The highest BCUT2D eigenvalue weighted by molar-refractivity contribution is 5.87. The summed E-state index contributed by atoms with van der Waals surface area (Å²) in [5.41, 5.74) is 1.30. The Labute approximate surface area is 95.3 Å². The number of rotatable bonds is 2. The first-order chi connectivity index (χ1) is 7.70. The number of aryl methyl sites for hydroxylation is 1. The molecule has 1 heterocycles. The molecule has 0 bridgehead atoms. The molecule has 0 saturated heterocycles. The Morgan fingerprint density at radius 3 is 2.56 bits per heavy atom. The predicted octanol–water partition coefficient (Wildman–Crippen LogP) is 2.56. The summed E-state index contributed by atoms with van der Waals surface area (Å²) in [4.78, 5) is 11.2. The van der Waals surface area contributed by atoms with E-state index >= 15 is 0 Å². The van der Waals surface area contributed by atoms with Crippen LogP contribution in [-0.4, -0.2) is 20.9 Å². The third kappa shape index (κ3) is 2.10. The van der Waals surface area contributed by atoms with Gasteiger partial charge >= 0.3 is 5.97 Å². The van der Waals surface area contributed by atoms with Crippen molar-refractivity contribution in [1.29, 1.82) is 0 Å². The summed E-state index contributed by atoms with van der Waals surface area (Å²) in [6.45, 7) is 0. The summed E-state index contributed by atoms with van der Waals surface area (Å²) in [6.07, 6.45) is 8.91. The lowest BCUT2D eigenvalue weighted by Gasteiger charge is -2.13. The van der Waals surface area contributed by atoms with Gasteiger partial charge in [0.15, 0.2) is 0 Å². The van der Waals surface area contributed by atoms with Gasteiger partial charge in [0.25, 0.3) is 0 Å². The summed E-state index contributed by atoms with van der Waals surface area (Å²) < 4.78 is 1.47. The van der Waals surface area contributed by atoms with Gasteiger partial charge in [-0.2, -0.15) is 5.10 Å². The van der Waals surface area contributed by atoms with E-state index in [1.54, 1.807) is 13.2 Å². The average Bonchev–Trinajstić information content (AvgIpc) is 2.50. The van der Waals surface area contributed by atoms with Crippen molar-refractivity contribution in [1.82, 2.24) is 9.78 Å². The van der Waals surface area contributed by atoms with Crippen LogP contribution in [0.2, 0.25) is 0 Å². The number of carboxylic acid groups (broad SMARTS) is 1. The molecule has 0 amide bonds. The van der Waals surface area contributed by atoms with Crippen LogP contribution in [-0.2, 0) is 7.05 Å². The fourth-order valence-electron chi connectivity index (χ4n) is 2.61. The fourth-order valence-corrected chi connectivity index (χ4v) is 2.61. The number of hydrogen-bond acceptors (Lipinski definition) is 2. The maximum Gasteiger partial charge on any atom is 0.354 e. The minimum atomic E-state index is -0.862. The molecule has 1 N–H and O–H groups in total. The molecular formula is C12H18N2O2. The van der Waals surface area contributed by atoms with Gasteiger partial charge in [-0.3, -0.25) is 4.68 Å². The second-order valence-electron chi connectivity index (χ2n) is 4.57. The molecule has 2 rings (SSSR count). The van der Waals surface area contributed by atoms with Crippen molar-refractivity contribution in [3.63, 3.8) is 0 Å². The highest BCUT2D eigenvalue weighted by Gasteiger charge is 2.23. The molecule has 4 nitrogen and oxygen atoms in total. The maximum absolute atomic E-state index is 11.2. The molecule has 0 atom stereocenters. The summed E-state index contributed by atoms with van der Waals surface area (Å²) in [6, 6.07) is 0. The lowest BCUT2D eigenvalue weighted by molar-refractivity contribution is 0.0683. The van der Waals surface area contributed by atoms with Gasteiger partial charge in [-0.1, -0.05) is 25.7 Å². The van der Waals surface area contributed by atoms with Crippen molar-refractivity contribution in [2.24, 2.45) is 7.05 Å². The Kier molecular flexibility index (Phi) is 3.27. The first-order valence-corrected chi connectivity index (χ1v) is 5.95. The minimum Gasteiger partial charge on any atom is -0.477 e. The molecule has 0 aliphatic heterocycles. The SMILES string of the molecule is Cn1ncc(C2CCCCCC2)c1C(=O)O. The molecule has 1 saturated carbocycles. The highest BCUT2D eigenvalue weighted by atomic mass is 16.4. The second kappa shape index (κ2) is 4.68. The molecule has 4 heteroatoms. The van der Waals surface area contributed by atoms with E-state index in [9.17, 15) is 9.90 Å². The topological polar surface area (TPSA) is 55.1 Å². The van der Waals surface area contributed by atoms with E-state index in [2.05, 4.69) is 5.10 Å². The third-order valence-electron chi connectivity index (χ3n) is 3.46. The van der Waals surface area contributed by atoms with E-state index < -0.39 is 5.97 Å². The zero-order valence-electron chi connectivity index (χ0n) is 9.65. The maximum atomic E-state index is 11.2. The third-order valence-corrected chi connectivity index (χ3v) is 3.46. The van der Waals surface area contributed by atoms with Crippen LogP contribution in [0.15, 0.2) is 6.20 Å². The Morgan fingerprint density at radius 1 is 1.38 bits per heavy atom. The van der Waals surface area contributed by atoms with Crippen LogP contribution in [0.4, 0.5) is 0 Å². The average molecular weight is 222 g/mol. The Hall–Kier alpha value is -1.32. The summed E-state index contributed by atoms with van der Waals surface area (Å²) in [5.74, 6) is -0.471. The summed E-state index contributed by atoms with van der Waals surface area (Å²) >= 11 is 0. The zero-order chi connectivity index (χ0) is 11.5. The lowest BCUT2D eigenvalue weighted by atomic mass is 9.92.